The number of fused-ring (bicyclic) bond motifs is 1. The van der Waals surface area contributed by atoms with Crippen molar-refractivity contribution in [3.05, 3.63) is 75.6 Å². The SMILES string of the molecule is C=CCNC(=O)c1cnc(Nc2cc3c4c(c2)CN(C)CC4(C)CCC3)nc1Nc1nc2c(cc1Cl)CCC2(O)CC. The summed E-state index contributed by atoms with van der Waals surface area (Å²) in [6, 6.07) is 6.25. The first-order valence-electron chi connectivity index (χ1n) is 14.7. The number of aryl methyl sites for hydroxylation is 2. The van der Waals surface area contributed by atoms with Crippen molar-refractivity contribution < 1.29 is 9.90 Å². The highest BCUT2D eigenvalue weighted by Crippen LogP contribution is 2.45. The van der Waals surface area contributed by atoms with Gasteiger partial charge in [0, 0.05) is 36.9 Å². The molecule has 10 heteroatoms. The van der Waals surface area contributed by atoms with Crippen LogP contribution in [0.25, 0.3) is 0 Å². The lowest BCUT2D eigenvalue weighted by Gasteiger charge is -2.45. The van der Waals surface area contributed by atoms with Crippen LogP contribution in [0, 0.1) is 0 Å². The van der Waals surface area contributed by atoms with E-state index in [0.717, 1.165) is 30.8 Å². The Labute approximate surface area is 251 Å². The standard InChI is InChI=1S/C32H38ClN7O2/c1-5-12-34-29(41)23-16-35-30(36-22-13-19-8-7-10-31(3)18-40(4)17-21(14-22)25(19)31)39-27(23)38-28-24(33)15-20-9-11-32(42,6-2)26(20)37-28/h5,13-16,42H,1,6-12,17-18H2,2-4H3,(H,34,41)(H2,35,36,37,38,39). The van der Waals surface area contributed by atoms with Gasteiger partial charge in [0.05, 0.1) is 10.7 Å². The van der Waals surface area contributed by atoms with E-state index < -0.39 is 5.60 Å². The van der Waals surface area contributed by atoms with Gasteiger partial charge in [0.25, 0.3) is 5.91 Å². The number of hydrogen-bond acceptors (Lipinski definition) is 8. The van der Waals surface area contributed by atoms with Crippen LogP contribution in [-0.4, -0.2) is 51.0 Å². The monoisotopic (exact) mass is 587 g/mol. The predicted octanol–water partition coefficient (Wildman–Crippen LogP) is 5.51. The van der Waals surface area contributed by atoms with E-state index in [4.69, 9.17) is 21.6 Å². The summed E-state index contributed by atoms with van der Waals surface area (Å²) in [7, 11) is 2.18. The minimum atomic E-state index is -1.00. The van der Waals surface area contributed by atoms with E-state index >= 15 is 0 Å². The molecule has 3 aliphatic rings. The van der Waals surface area contributed by atoms with Crippen molar-refractivity contribution in [3.8, 4) is 0 Å². The molecule has 220 valence electrons. The second kappa shape index (κ2) is 10.9. The van der Waals surface area contributed by atoms with Gasteiger partial charge < -0.3 is 26.0 Å². The number of hydrogen-bond donors (Lipinski definition) is 4. The van der Waals surface area contributed by atoms with E-state index in [2.05, 4.69) is 58.5 Å². The van der Waals surface area contributed by atoms with Crippen LogP contribution < -0.4 is 16.0 Å². The lowest BCUT2D eigenvalue weighted by atomic mass is 9.67. The van der Waals surface area contributed by atoms with Crippen LogP contribution in [0.1, 0.15) is 77.8 Å². The highest BCUT2D eigenvalue weighted by molar-refractivity contribution is 6.33. The Balaban J connectivity index is 1.36. The zero-order valence-corrected chi connectivity index (χ0v) is 25.2. The maximum absolute atomic E-state index is 13.1. The molecule has 1 aromatic carbocycles. The van der Waals surface area contributed by atoms with Crippen LogP contribution in [0.15, 0.2) is 37.1 Å². The van der Waals surface area contributed by atoms with Gasteiger partial charge in [-0.1, -0.05) is 31.5 Å². The average Bonchev–Trinajstić information content (AvgIpc) is 3.27. The molecule has 0 bridgehead atoms. The zero-order chi connectivity index (χ0) is 29.6. The third kappa shape index (κ3) is 5.14. The minimum Gasteiger partial charge on any atom is -0.384 e. The number of halogens is 1. The summed E-state index contributed by atoms with van der Waals surface area (Å²) in [5.74, 6) is 0.571. The summed E-state index contributed by atoms with van der Waals surface area (Å²) < 4.78 is 0. The normalized spacial score (nSPS) is 22.7. The van der Waals surface area contributed by atoms with Crippen molar-refractivity contribution in [3.63, 3.8) is 0 Å². The van der Waals surface area contributed by atoms with Gasteiger partial charge in [-0.15, -0.1) is 6.58 Å². The molecule has 2 unspecified atom stereocenters. The van der Waals surface area contributed by atoms with E-state index in [1.807, 2.05) is 13.0 Å². The van der Waals surface area contributed by atoms with Gasteiger partial charge in [0.15, 0.2) is 5.82 Å². The Morgan fingerprint density at radius 3 is 2.74 bits per heavy atom. The number of carbonyl (C=O) groups is 1. The van der Waals surface area contributed by atoms with Crippen molar-refractivity contribution in [2.24, 2.45) is 0 Å². The quantitative estimate of drug-likeness (QED) is 0.255. The molecular formula is C32H38ClN7O2. The van der Waals surface area contributed by atoms with Gasteiger partial charge in [0.2, 0.25) is 5.95 Å². The molecule has 2 aromatic heterocycles. The molecule has 3 aromatic rings. The van der Waals surface area contributed by atoms with Crippen LogP contribution >= 0.6 is 11.6 Å². The number of aliphatic hydroxyl groups is 1. The first-order chi connectivity index (χ1) is 20.1. The molecule has 42 heavy (non-hydrogen) atoms. The largest absolute Gasteiger partial charge is 0.384 e. The van der Waals surface area contributed by atoms with Gasteiger partial charge >= 0.3 is 0 Å². The van der Waals surface area contributed by atoms with Gasteiger partial charge in [-0.3, -0.25) is 4.79 Å². The average molecular weight is 588 g/mol. The third-order valence-corrected chi connectivity index (χ3v) is 9.25. The van der Waals surface area contributed by atoms with Crippen molar-refractivity contribution in [2.75, 3.05) is 30.8 Å². The summed E-state index contributed by atoms with van der Waals surface area (Å²) in [5.41, 5.74) is 6.09. The third-order valence-electron chi connectivity index (χ3n) is 8.96. The highest BCUT2D eigenvalue weighted by Gasteiger charge is 2.39. The van der Waals surface area contributed by atoms with Crippen molar-refractivity contribution in [2.45, 2.75) is 69.9 Å². The smallest absolute Gasteiger partial charge is 0.256 e. The molecule has 9 nitrogen and oxygen atoms in total. The van der Waals surface area contributed by atoms with Crippen LogP contribution in [0.2, 0.25) is 5.02 Å². The molecule has 0 spiro atoms. The topological polar surface area (TPSA) is 115 Å². The first-order valence-corrected chi connectivity index (χ1v) is 15.1. The number of rotatable bonds is 8. The number of benzene rings is 1. The molecule has 2 atom stereocenters. The van der Waals surface area contributed by atoms with Gasteiger partial charge in [-0.2, -0.15) is 4.98 Å². The lowest BCUT2D eigenvalue weighted by molar-refractivity contribution is 0.0307. The van der Waals surface area contributed by atoms with E-state index in [0.29, 0.717) is 48.3 Å². The fraction of sp³-hybridized carbons (Fsp3) is 0.438. The van der Waals surface area contributed by atoms with Crippen molar-refractivity contribution in [1.82, 2.24) is 25.2 Å². The molecule has 4 N–H and O–H groups in total. The first kappa shape index (κ1) is 28.6. The van der Waals surface area contributed by atoms with E-state index in [1.54, 1.807) is 6.08 Å². The van der Waals surface area contributed by atoms with Gasteiger partial charge in [0.1, 0.15) is 17.0 Å². The fourth-order valence-corrected chi connectivity index (χ4v) is 7.27. The number of amides is 1. The summed E-state index contributed by atoms with van der Waals surface area (Å²) in [5, 5.41) is 20.9. The Kier molecular flexibility index (Phi) is 7.45. The summed E-state index contributed by atoms with van der Waals surface area (Å²) >= 11 is 6.64. The Morgan fingerprint density at radius 1 is 1.14 bits per heavy atom. The Hall–Kier alpha value is -3.53. The maximum Gasteiger partial charge on any atom is 0.256 e. The number of carbonyl (C=O) groups excluding carboxylic acids is 1. The number of nitrogens with one attached hydrogen (secondary N) is 3. The maximum atomic E-state index is 13.1. The molecular weight excluding hydrogens is 550 g/mol. The van der Waals surface area contributed by atoms with Crippen molar-refractivity contribution in [1.29, 1.82) is 0 Å². The molecule has 2 aliphatic carbocycles. The van der Waals surface area contributed by atoms with E-state index in [-0.39, 0.29) is 22.7 Å². The molecule has 0 saturated carbocycles. The number of aromatic nitrogens is 3. The zero-order valence-electron chi connectivity index (χ0n) is 24.5. The summed E-state index contributed by atoms with van der Waals surface area (Å²) in [4.78, 5) is 29.4. The van der Waals surface area contributed by atoms with Crippen LogP contribution in [-0.2, 0) is 30.4 Å². The predicted molar refractivity (Wildman–Crippen MR) is 166 cm³/mol. The number of pyridine rings is 1. The molecule has 3 heterocycles. The summed E-state index contributed by atoms with van der Waals surface area (Å²) in [6.07, 6.45) is 8.38. The van der Waals surface area contributed by atoms with Crippen LogP contribution in [0.3, 0.4) is 0 Å². The van der Waals surface area contributed by atoms with Crippen LogP contribution in [0.5, 0.6) is 0 Å². The molecule has 1 aliphatic heterocycles. The molecule has 0 radical (unpaired) electrons. The second-order valence-corrected chi connectivity index (χ2v) is 12.6. The fourth-order valence-electron chi connectivity index (χ4n) is 7.05. The van der Waals surface area contributed by atoms with Crippen LogP contribution in [0.4, 0.5) is 23.3 Å². The summed E-state index contributed by atoms with van der Waals surface area (Å²) in [6.45, 7) is 10.3. The van der Waals surface area contributed by atoms with Crippen molar-refractivity contribution >= 4 is 40.8 Å². The van der Waals surface area contributed by atoms with Gasteiger partial charge in [-0.05, 0) is 86.0 Å². The Bertz CT molecular complexity index is 1580. The molecule has 6 rings (SSSR count). The number of nitrogens with zero attached hydrogens (tertiary/aromatic N) is 4. The van der Waals surface area contributed by atoms with E-state index in [9.17, 15) is 9.90 Å². The molecule has 0 saturated heterocycles. The van der Waals surface area contributed by atoms with E-state index in [1.165, 1.54) is 35.7 Å². The second-order valence-electron chi connectivity index (χ2n) is 12.2. The molecule has 0 fully saturated rings. The number of anilines is 4. The minimum absolute atomic E-state index is 0.175. The Morgan fingerprint density at radius 2 is 1.95 bits per heavy atom. The lowest BCUT2D eigenvalue weighted by Crippen LogP contribution is -2.44. The number of likely N-dealkylation sites (N-methyl/N-ethyl adjacent to an activating group) is 1. The van der Waals surface area contributed by atoms with Gasteiger partial charge in [-0.25, -0.2) is 9.97 Å². The molecule has 1 amide bonds. The highest BCUT2D eigenvalue weighted by atomic mass is 35.5.